The molecule has 0 atom stereocenters. The fourth-order valence-electron chi connectivity index (χ4n) is 2.27. The summed E-state index contributed by atoms with van der Waals surface area (Å²) >= 11 is -0.848. The number of nitrogens with zero attached hydrogens (tertiary/aromatic N) is 2. The predicted octanol–water partition coefficient (Wildman–Crippen LogP) is 3.18. The minimum absolute atomic E-state index is 0.848. The molecule has 0 aromatic carbocycles. The van der Waals surface area contributed by atoms with E-state index < -0.39 is 16.2 Å². The first kappa shape index (κ1) is 17.6. The van der Waals surface area contributed by atoms with Crippen LogP contribution in [0.3, 0.4) is 0 Å². The van der Waals surface area contributed by atoms with E-state index in [-0.39, 0.29) is 0 Å². The maximum absolute atomic E-state index is 2.43. The van der Waals surface area contributed by atoms with Gasteiger partial charge in [-0.3, -0.25) is 0 Å². The van der Waals surface area contributed by atoms with Crippen LogP contribution in [0.2, 0.25) is 14.9 Å². The van der Waals surface area contributed by atoms with Crippen LogP contribution >= 0.6 is 0 Å². The van der Waals surface area contributed by atoms with Crippen molar-refractivity contribution in [2.75, 3.05) is 41.3 Å². The van der Waals surface area contributed by atoms with Gasteiger partial charge in [0.2, 0.25) is 0 Å². The molecular weight excluding hydrogens is 266 g/mol. The summed E-state index contributed by atoms with van der Waals surface area (Å²) in [5, 5.41) is 0. The average Bonchev–Trinajstić information content (AvgIpc) is 2.26. The van der Waals surface area contributed by atoms with E-state index in [1.54, 1.807) is 14.9 Å². The van der Waals surface area contributed by atoms with Crippen molar-refractivity contribution in [2.24, 2.45) is 0 Å². The zero-order valence-electron chi connectivity index (χ0n) is 12.8. The van der Waals surface area contributed by atoms with Crippen LogP contribution in [-0.2, 0) is 0 Å². The molecule has 0 saturated heterocycles. The van der Waals surface area contributed by atoms with Gasteiger partial charge in [0.15, 0.2) is 0 Å². The molecule has 17 heavy (non-hydrogen) atoms. The van der Waals surface area contributed by atoms with Gasteiger partial charge in [0, 0.05) is 0 Å². The Kier molecular flexibility index (Phi) is 12.0. The van der Waals surface area contributed by atoms with Crippen molar-refractivity contribution in [1.82, 2.24) is 9.80 Å². The second kappa shape index (κ2) is 11.6. The summed E-state index contributed by atoms with van der Waals surface area (Å²) in [5.74, 6) is 0. The number of unbranched alkanes of at least 4 members (excludes halogenated alkanes) is 2. The molecule has 0 saturated carbocycles. The van der Waals surface area contributed by atoms with Crippen molar-refractivity contribution in [2.45, 2.75) is 47.5 Å². The van der Waals surface area contributed by atoms with Crippen molar-refractivity contribution in [1.29, 1.82) is 0 Å². The van der Waals surface area contributed by atoms with Gasteiger partial charge in [-0.2, -0.15) is 0 Å². The Labute approximate surface area is 115 Å². The van der Waals surface area contributed by atoms with Gasteiger partial charge < -0.3 is 0 Å². The Bertz CT molecular complexity index is 144. The van der Waals surface area contributed by atoms with Gasteiger partial charge in [-0.25, -0.2) is 0 Å². The van der Waals surface area contributed by atoms with Gasteiger partial charge in [-0.1, -0.05) is 0 Å². The quantitative estimate of drug-likeness (QED) is 0.427. The molecule has 0 N–H and O–H groups in total. The Morgan fingerprint density at radius 1 is 0.706 bits per heavy atom. The molecule has 0 heterocycles. The van der Waals surface area contributed by atoms with Crippen LogP contribution in [0.5, 0.6) is 0 Å². The van der Waals surface area contributed by atoms with Gasteiger partial charge in [0.1, 0.15) is 0 Å². The fraction of sp³-hybridized carbons (Fsp3) is 1.00. The average molecular weight is 299 g/mol. The second-order valence-electron chi connectivity index (χ2n) is 5.87. The van der Waals surface area contributed by atoms with Gasteiger partial charge in [-0.05, 0) is 0 Å². The molecule has 0 fully saturated rings. The van der Waals surface area contributed by atoms with E-state index in [0.29, 0.717) is 0 Å². The van der Waals surface area contributed by atoms with Crippen molar-refractivity contribution < 1.29 is 0 Å². The van der Waals surface area contributed by atoms with Gasteiger partial charge in [0.25, 0.3) is 0 Å². The van der Waals surface area contributed by atoms with E-state index >= 15 is 0 Å². The molecule has 0 unspecified atom stereocenters. The van der Waals surface area contributed by atoms with Crippen LogP contribution in [0, 0.1) is 0 Å². The third-order valence-corrected chi connectivity index (χ3v) is 11.1. The van der Waals surface area contributed by atoms with E-state index in [0.717, 1.165) is 0 Å². The van der Waals surface area contributed by atoms with Crippen LogP contribution in [0.4, 0.5) is 0 Å². The van der Waals surface area contributed by atoms with E-state index in [1.807, 2.05) is 0 Å². The normalized spacial score (nSPS) is 11.5. The molecule has 102 valence electrons. The van der Waals surface area contributed by atoms with Crippen molar-refractivity contribution in [3.05, 3.63) is 0 Å². The predicted molar refractivity (Wildman–Crippen MR) is 81.4 cm³/mol. The topological polar surface area (TPSA) is 6.48 Å². The molecule has 2 nitrogen and oxygen atoms in total. The Balaban J connectivity index is 3.42. The molecule has 0 radical (unpaired) electrons. The second-order valence-corrected chi connectivity index (χ2v) is 13.6. The summed E-state index contributed by atoms with van der Waals surface area (Å²) in [6.07, 6.45) is 5.80. The molecule has 0 aromatic heterocycles. The molecule has 0 aliphatic carbocycles. The van der Waals surface area contributed by atoms with Crippen LogP contribution < -0.4 is 0 Å². The zero-order chi connectivity index (χ0) is 13.1. The van der Waals surface area contributed by atoms with Crippen molar-refractivity contribution in [3.8, 4) is 0 Å². The first-order chi connectivity index (χ1) is 8.06. The number of hydrogen-bond donors (Lipinski definition) is 0. The van der Waals surface area contributed by atoms with Crippen LogP contribution in [0.15, 0.2) is 0 Å². The third-order valence-electron chi connectivity index (χ3n) is 3.51. The third kappa shape index (κ3) is 12.8. The molecular formula is C14H33GaN2. The Morgan fingerprint density at radius 3 is 1.41 bits per heavy atom. The molecule has 3 heteroatoms. The van der Waals surface area contributed by atoms with Crippen LogP contribution in [0.1, 0.15) is 32.6 Å². The van der Waals surface area contributed by atoms with E-state index in [2.05, 4.69) is 44.9 Å². The number of hydrogen-bond acceptors (Lipinski definition) is 2. The van der Waals surface area contributed by atoms with E-state index in [1.165, 1.54) is 38.8 Å². The summed E-state index contributed by atoms with van der Waals surface area (Å²) in [6, 6.07) is 0. The van der Waals surface area contributed by atoms with Gasteiger partial charge >= 0.3 is 115 Å². The molecule has 0 bridgehead atoms. The molecule has 0 aliphatic heterocycles. The summed E-state index contributed by atoms with van der Waals surface area (Å²) in [7, 11) is 8.72. The first-order valence-corrected chi connectivity index (χ1v) is 12.5. The molecule has 0 aliphatic rings. The molecule has 0 amide bonds. The van der Waals surface area contributed by atoms with Crippen molar-refractivity contribution >= 4 is 16.2 Å². The van der Waals surface area contributed by atoms with E-state index in [9.17, 15) is 0 Å². The summed E-state index contributed by atoms with van der Waals surface area (Å²) in [6.45, 7) is 4.99. The monoisotopic (exact) mass is 298 g/mol. The van der Waals surface area contributed by atoms with E-state index in [4.69, 9.17) is 0 Å². The van der Waals surface area contributed by atoms with Crippen LogP contribution in [0.25, 0.3) is 0 Å². The van der Waals surface area contributed by atoms with Crippen molar-refractivity contribution in [3.63, 3.8) is 0 Å². The van der Waals surface area contributed by atoms with Gasteiger partial charge in [0.05, 0.1) is 0 Å². The SMILES string of the molecule is C[CH2][Ga]([CH2]CCCN(C)C)[CH2]CCCN(C)C. The summed E-state index contributed by atoms with van der Waals surface area (Å²) < 4.78 is 0. The molecule has 0 rings (SSSR count). The molecule has 0 aromatic rings. The first-order valence-electron chi connectivity index (χ1n) is 7.35. The Morgan fingerprint density at radius 2 is 1.12 bits per heavy atom. The maximum atomic E-state index is 2.43. The Hall–Kier alpha value is 0.556. The minimum atomic E-state index is -0.848. The summed E-state index contributed by atoms with van der Waals surface area (Å²) in [4.78, 5) is 9.42. The number of rotatable bonds is 11. The molecule has 0 spiro atoms. The fourth-order valence-corrected chi connectivity index (χ4v) is 8.23. The zero-order valence-corrected chi connectivity index (χ0v) is 15.3. The van der Waals surface area contributed by atoms with Gasteiger partial charge in [-0.15, -0.1) is 0 Å². The standard InChI is InChI=1S/2C6H14N.C2H5.Ga/c2*1-4-5-6-7(2)3;1-2;/h2*1,4-6H2,2-3H3;1H2,2H3;. The van der Waals surface area contributed by atoms with Crippen LogP contribution in [-0.4, -0.2) is 67.3 Å². The summed E-state index contributed by atoms with van der Waals surface area (Å²) in [5.41, 5.74) is 0.